The average molecular weight is 275 g/mol. The first kappa shape index (κ1) is 12.4. The minimum Gasteiger partial charge on any atom is -0.417 e. The first-order chi connectivity index (χ1) is 8.09. The second kappa shape index (κ2) is 5.08. The van der Waals surface area contributed by atoms with Crippen LogP contribution < -0.4 is 4.52 Å². The second-order valence-electron chi connectivity index (χ2n) is 3.31. The van der Waals surface area contributed by atoms with E-state index in [0.29, 0.717) is 12.4 Å². The summed E-state index contributed by atoms with van der Waals surface area (Å²) in [6, 6.07) is 5.43. The lowest BCUT2D eigenvalue weighted by Crippen LogP contribution is -2.04. The highest BCUT2D eigenvalue weighted by Crippen LogP contribution is 2.62. The summed E-state index contributed by atoms with van der Waals surface area (Å²) in [5, 5.41) is 10.4. The minimum absolute atomic E-state index is 0.0344. The van der Waals surface area contributed by atoms with Gasteiger partial charge in [-0.05, 0) is 29.9 Å². The van der Waals surface area contributed by atoms with E-state index in [0.717, 1.165) is 23.6 Å². The lowest BCUT2D eigenvalue weighted by Gasteiger charge is -2.21. The Balaban J connectivity index is 2.08. The number of nitrogens with zero attached hydrogens (tertiary/aromatic N) is 1. The molecule has 1 fully saturated rings. The molecule has 1 aromatic rings. The van der Waals surface area contributed by atoms with Gasteiger partial charge in [-0.2, -0.15) is 0 Å². The molecule has 1 heterocycles. The molecule has 1 aliphatic heterocycles. The summed E-state index contributed by atoms with van der Waals surface area (Å²) in [7, 11) is 0. The van der Waals surface area contributed by atoms with E-state index in [1.807, 2.05) is 0 Å². The van der Waals surface area contributed by atoms with Gasteiger partial charge in [-0.25, -0.2) is 4.57 Å². The van der Waals surface area contributed by atoms with Crippen molar-refractivity contribution in [3.05, 3.63) is 34.4 Å². The fourth-order valence-electron chi connectivity index (χ4n) is 1.26. The van der Waals surface area contributed by atoms with Crippen molar-refractivity contribution in [3.8, 4) is 5.75 Å². The third-order valence-electron chi connectivity index (χ3n) is 2.05. The van der Waals surface area contributed by atoms with E-state index < -0.39 is 11.7 Å². The molecule has 1 aromatic carbocycles. The average Bonchev–Trinajstić information content (AvgIpc) is 2.30. The normalized spacial score (nSPS) is 24.2. The van der Waals surface area contributed by atoms with Crippen LogP contribution >= 0.6 is 18.2 Å². The van der Waals surface area contributed by atoms with Gasteiger partial charge in [0.15, 0.2) is 0 Å². The van der Waals surface area contributed by atoms with Crippen molar-refractivity contribution in [2.75, 3.05) is 12.4 Å². The lowest BCUT2D eigenvalue weighted by atomic mass is 10.3. The van der Waals surface area contributed by atoms with Gasteiger partial charge in [-0.15, -0.1) is 0 Å². The number of hydrogen-bond acceptors (Lipinski definition) is 6. The third kappa shape index (κ3) is 3.21. The zero-order valence-corrected chi connectivity index (χ0v) is 10.5. The number of hydrogen-bond donors (Lipinski definition) is 0. The Morgan fingerprint density at radius 2 is 2.12 bits per heavy atom. The molecule has 1 atom stereocenters. The zero-order valence-electron chi connectivity index (χ0n) is 8.77. The van der Waals surface area contributed by atoms with E-state index >= 15 is 0 Å². The molecule has 0 N–H and O–H groups in total. The molecular formula is C9H10NO5PS. The molecule has 0 radical (unpaired) electrons. The quantitative estimate of drug-likeness (QED) is 0.478. The van der Waals surface area contributed by atoms with Crippen LogP contribution in [0.1, 0.15) is 6.42 Å². The Labute approximate surface area is 102 Å². The summed E-state index contributed by atoms with van der Waals surface area (Å²) in [5.41, 5.74) is -0.0344. The van der Waals surface area contributed by atoms with Crippen molar-refractivity contribution in [2.24, 2.45) is 0 Å². The molecule has 8 heteroatoms. The maximum absolute atomic E-state index is 12.0. The van der Waals surface area contributed by atoms with E-state index in [1.165, 1.54) is 24.3 Å². The molecule has 17 heavy (non-hydrogen) atoms. The maximum atomic E-state index is 12.0. The molecule has 2 rings (SSSR count). The number of benzene rings is 1. The molecule has 1 unspecified atom stereocenters. The van der Waals surface area contributed by atoms with Crippen molar-refractivity contribution in [2.45, 2.75) is 6.42 Å². The van der Waals surface area contributed by atoms with Gasteiger partial charge in [0.05, 0.1) is 11.5 Å². The van der Waals surface area contributed by atoms with Crippen LogP contribution in [0.3, 0.4) is 0 Å². The highest BCUT2D eigenvalue weighted by atomic mass is 32.7. The van der Waals surface area contributed by atoms with Crippen molar-refractivity contribution in [3.63, 3.8) is 0 Å². The van der Waals surface area contributed by atoms with Crippen LogP contribution in [0, 0.1) is 10.1 Å². The predicted molar refractivity (Wildman–Crippen MR) is 64.4 cm³/mol. The topological polar surface area (TPSA) is 78.7 Å². The van der Waals surface area contributed by atoms with Crippen molar-refractivity contribution in [1.29, 1.82) is 0 Å². The molecule has 1 saturated heterocycles. The highest BCUT2D eigenvalue weighted by molar-refractivity contribution is 8.55. The van der Waals surface area contributed by atoms with Crippen LogP contribution in [0.25, 0.3) is 0 Å². The summed E-state index contributed by atoms with van der Waals surface area (Å²) < 4.78 is 22.4. The van der Waals surface area contributed by atoms with Crippen LogP contribution in [-0.2, 0) is 9.09 Å². The van der Waals surface area contributed by atoms with E-state index in [4.69, 9.17) is 9.05 Å². The Morgan fingerprint density at radius 3 is 2.65 bits per heavy atom. The van der Waals surface area contributed by atoms with E-state index in [2.05, 4.69) is 0 Å². The summed E-state index contributed by atoms with van der Waals surface area (Å²) in [6.45, 7) is -2.71. The minimum atomic E-state index is -3.13. The Bertz CT molecular complexity index is 453. The summed E-state index contributed by atoms with van der Waals surface area (Å²) in [5.74, 6) is 1.04. The van der Waals surface area contributed by atoms with Gasteiger partial charge >= 0.3 is 6.80 Å². The van der Waals surface area contributed by atoms with Crippen LogP contribution in [0.2, 0.25) is 0 Å². The van der Waals surface area contributed by atoms with E-state index in [1.54, 1.807) is 0 Å². The van der Waals surface area contributed by atoms with Crippen molar-refractivity contribution >= 4 is 23.9 Å². The van der Waals surface area contributed by atoms with E-state index in [-0.39, 0.29) is 5.69 Å². The van der Waals surface area contributed by atoms with Gasteiger partial charge in [0.25, 0.3) is 5.69 Å². The summed E-state index contributed by atoms with van der Waals surface area (Å²) in [6.07, 6.45) is 0.846. The first-order valence-corrected chi connectivity index (χ1v) is 8.06. The Morgan fingerprint density at radius 1 is 1.41 bits per heavy atom. The molecule has 0 saturated carbocycles. The predicted octanol–water partition coefficient (Wildman–Crippen LogP) is 3.24. The molecule has 6 nitrogen and oxygen atoms in total. The molecule has 0 spiro atoms. The van der Waals surface area contributed by atoms with Gasteiger partial charge in [-0.1, -0.05) is 0 Å². The third-order valence-corrected chi connectivity index (χ3v) is 5.81. The molecule has 92 valence electrons. The van der Waals surface area contributed by atoms with Gasteiger partial charge in [-0.3, -0.25) is 14.6 Å². The molecular weight excluding hydrogens is 265 g/mol. The highest BCUT2D eigenvalue weighted by Gasteiger charge is 2.30. The monoisotopic (exact) mass is 275 g/mol. The van der Waals surface area contributed by atoms with Crippen molar-refractivity contribution in [1.82, 2.24) is 0 Å². The smallest absolute Gasteiger partial charge is 0.417 e. The number of rotatable bonds is 3. The van der Waals surface area contributed by atoms with Gasteiger partial charge < -0.3 is 4.52 Å². The number of non-ortho nitro benzene ring substituents is 1. The Hall–Kier alpha value is -1.04. The Kier molecular flexibility index (Phi) is 3.71. The van der Waals surface area contributed by atoms with Gasteiger partial charge in [0.2, 0.25) is 0 Å². The first-order valence-electron chi connectivity index (χ1n) is 4.92. The molecule has 0 aromatic heterocycles. The number of nitro benzene ring substituents is 1. The molecule has 0 aliphatic carbocycles. The fourth-order valence-corrected chi connectivity index (χ4v) is 4.56. The van der Waals surface area contributed by atoms with Crippen LogP contribution in [-0.4, -0.2) is 17.3 Å². The summed E-state index contributed by atoms with van der Waals surface area (Å²) >= 11 is 1.15. The molecule has 0 bridgehead atoms. The van der Waals surface area contributed by atoms with Crippen LogP contribution in [0.4, 0.5) is 5.69 Å². The lowest BCUT2D eigenvalue weighted by molar-refractivity contribution is -0.384. The maximum Gasteiger partial charge on any atom is 0.440 e. The van der Waals surface area contributed by atoms with Crippen LogP contribution in [0.5, 0.6) is 5.75 Å². The largest absolute Gasteiger partial charge is 0.440 e. The second-order valence-corrected chi connectivity index (χ2v) is 7.43. The molecule has 1 aliphatic rings. The van der Waals surface area contributed by atoms with Crippen molar-refractivity contribution < 1.29 is 18.5 Å². The molecule has 0 amide bonds. The number of nitro groups is 1. The SMILES string of the molecule is O=[N+]([O-])c1ccc(OP2(=O)OCCCS2)cc1. The summed E-state index contributed by atoms with van der Waals surface area (Å²) in [4.78, 5) is 9.94. The zero-order chi connectivity index (χ0) is 12.3. The van der Waals surface area contributed by atoms with Crippen LogP contribution in [0.15, 0.2) is 24.3 Å². The van der Waals surface area contributed by atoms with Gasteiger partial charge in [0.1, 0.15) is 5.75 Å². The van der Waals surface area contributed by atoms with E-state index in [9.17, 15) is 14.7 Å². The fraction of sp³-hybridized carbons (Fsp3) is 0.333. The standard InChI is InChI=1S/C9H10NO5PS/c11-10(12)8-2-4-9(5-3-8)15-16(13)14-6-1-7-17-16/h2-5H,1,6-7H2. The van der Waals surface area contributed by atoms with Gasteiger partial charge in [0, 0.05) is 17.9 Å².